The van der Waals surface area contributed by atoms with Crippen LogP contribution in [0, 0.1) is 10.1 Å². The van der Waals surface area contributed by atoms with Crippen molar-refractivity contribution < 1.29 is 4.92 Å². The second-order valence-electron chi connectivity index (χ2n) is 5.43. The molecule has 0 aliphatic rings. The minimum atomic E-state index is -0.508. The minimum Gasteiger partial charge on any atom is -0.334 e. The van der Waals surface area contributed by atoms with E-state index in [0.717, 1.165) is 23.4 Å². The quantitative estimate of drug-likeness (QED) is 0.434. The van der Waals surface area contributed by atoms with Gasteiger partial charge in [-0.15, -0.1) is 0 Å². The molecule has 0 aliphatic carbocycles. The number of nitrogens with one attached hydrogen (secondary N) is 3. The van der Waals surface area contributed by atoms with E-state index in [0.29, 0.717) is 0 Å². The van der Waals surface area contributed by atoms with Crippen LogP contribution in [-0.2, 0) is 6.42 Å². The maximum atomic E-state index is 11.6. The monoisotopic (exact) mass is 350 g/mol. The maximum Gasteiger partial charge on any atom is 0.355 e. The number of rotatable bonds is 7. The van der Waals surface area contributed by atoms with Crippen LogP contribution in [0.25, 0.3) is 0 Å². The molecular formula is C18H18N6O2. The smallest absolute Gasteiger partial charge is 0.334 e. The molecule has 26 heavy (non-hydrogen) atoms. The van der Waals surface area contributed by atoms with Gasteiger partial charge in [-0.1, -0.05) is 43.3 Å². The SMILES string of the molecule is CCc1ccccc1Nc1ncnc(NNc2ccccc2)c1[N+](=O)[O-]. The number of anilines is 4. The predicted molar refractivity (Wildman–Crippen MR) is 101 cm³/mol. The highest BCUT2D eigenvalue weighted by molar-refractivity contribution is 5.75. The van der Waals surface area contributed by atoms with Gasteiger partial charge >= 0.3 is 5.69 Å². The molecule has 3 N–H and O–H groups in total. The first kappa shape index (κ1) is 17.2. The maximum absolute atomic E-state index is 11.6. The van der Waals surface area contributed by atoms with Gasteiger partial charge in [0, 0.05) is 5.69 Å². The van der Waals surface area contributed by atoms with Crippen LogP contribution in [0.2, 0.25) is 0 Å². The van der Waals surface area contributed by atoms with Crippen LogP contribution in [0.4, 0.5) is 28.7 Å². The molecule has 0 aliphatic heterocycles. The molecule has 3 aromatic rings. The third-order valence-electron chi connectivity index (χ3n) is 3.76. The Kier molecular flexibility index (Phi) is 5.23. The zero-order valence-corrected chi connectivity index (χ0v) is 14.1. The Bertz CT molecular complexity index is 901. The molecule has 2 aromatic carbocycles. The average molecular weight is 350 g/mol. The van der Waals surface area contributed by atoms with Gasteiger partial charge in [0.15, 0.2) is 0 Å². The van der Waals surface area contributed by atoms with Crippen molar-refractivity contribution in [1.82, 2.24) is 9.97 Å². The summed E-state index contributed by atoms with van der Waals surface area (Å²) in [5, 5.41) is 14.7. The molecule has 0 saturated heterocycles. The molecular weight excluding hydrogens is 332 g/mol. The second-order valence-corrected chi connectivity index (χ2v) is 5.43. The molecule has 0 amide bonds. The Hall–Kier alpha value is -3.68. The summed E-state index contributed by atoms with van der Waals surface area (Å²) in [5.74, 6) is 0.202. The average Bonchev–Trinajstić information content (AvgIpc) is 2.67. The van der Waals surface area contributed by atoms with Gasteiger partial charge in [0.2, 0.25) is 11.6 Å². The van der Waals surface area contributed by atoms with Crippen molar-refractivity contribution in [3.63, 3.8) is 0 Å². The van der Waals surface area contributed by atoms with E-state index in [2.05, 4.69) is 26.1 Å². The molecule has 0 radical (unpaired) electrons. The molecule has 132 valence electrons. The highest BCUT2D eigenvalue weighted by atomic mass is 16.6. The van der Waals surface area contributed by atoms with Crippen molar-refractivity contribution in [2.24, 2.45) is 0 Å². The van der Waals surface area contributed by atoms with Crippen molar-refractivity contribution in [2.75, 3.05) is 16.2 Å². The summed E-state index contributed by atoms with van der Waals surface area (Å²) in [6.07, 6.45) is 2.07. The standard InChI is InChI=1S/C18H18N6O2/c1-2-13-8-6-7-11-15(13)21-17-16(24(25)26)18(20-12-19-17)23-22-14-9-4-3-5-10-14/h3-12,22H,2H2,1H3,(H2,19,20,21,23). The summed E-state index contributed by atoms with van der Waals surface area (Å²) < 4.78 is 0. The first-order valence-electron chi connectivity index (χ1n) is 8.10. The molecule has 1 aromatic heterocycles. The Morgan fingerprint density at radius 2 is 1.65 bits per heavy atom. The number of aryl methyl sites for hydroxylation is 1. The third-order valence-corrected chi connectivity index (χ3v) is 3.76. The van der Waals surface area contributed by atoms with Crippen molar-refractivity contribution in [2.45, 2.75) is 13.3 Å². The lowest BCUT2D eigenvalue weighted by Crippen LogP contribution is -2.13. The predicted octanol–water partition coefficient (Wildman–Crippen LogP) is 4.13. The van der Waals surface area contributed by atoms with E-state index in [1.807, 2.05) is 61.5 Å². The molecule has 0 unspecified atom stereocenters. The van der Waals surface area contributed by atoms with Crippen LogP contribution in [-0.4, -0.2) is 14.9 Å². The van der Waals surface area contributed by atoms with Crippen molar-refractivity contribution >= 4 is 28.7 Å². The van der Waals surface area contributed by atoms with Gasteiger partial charge in [-0.05, 0) is 30.2 Å². The van der Waals surface area contributed by atoms with E-state index in [4.69, 9.17) is 0 Å². The van der Waals surface area contributed by atoms with Crippen molar-refractivity contribution in [1.29, 1.82) is 0 Å². The topological polar surface area (TPSA) is 105 Å². The number of aromatic nitrogens is 2. The van der Waals surface area contributed by atoms with Crippen LogP contribution >= 0.6 is 0 Å². The zero-order valence-electron chi connectivity index (χ0n) is 14.1. The van der Waals surface area contributed by atoms with Crippen molar-refractivity contribution in [3.05, 3.63) is 76.6 Å². The summed E-state index contributed by atoms with van der Waals surface area (Å²) in [6.45, 7) is 2.02. The fourth-order valence-electron chi connectivity index (χ4n) is 2.47. The van der Waals surface area contributed by atoms with Crippen LogP contribution in [0.3, 0.4) is 0 Å². The first-order chi connectivity index (χ1) is 12.7. The van der Waals surface area contributed by atoms with Gasteiger partial charge in [-0.2, -0.15) is 0 Å². The summed E-state index contributed by atoms with van der Waals surface area (Å²) >= 11 is 0. The Labute approximate surface area is 150 Å². The number of para-hydroxylation sites is 2. The van der Waals surface area contributed by atoms with Crippen molar-refractivity contribution in [3.8, 4) is 0 Å². The minimum absolute atomic E-state index is 0.0744. The third kappa shape index (κ3) is 3.86. The van der Waals surface area contributed by atoms with E-state index in [9.17, 15) is 10.1 Å². The normalized spacial score (nSPS) is 10.2. The highest BCUT2D eigenvalue weighted by Crippen LogP contribution is 2.32. The molecule has 8 nitrogen and oxygen atoms in total. The molecule has 1 heterocycles. The number of hydrogen-bond donors (Lipinski definition) is 3. The van der Waals surface area contributed by atoms with Gasteiger partial charge in [0.25, 0.3) is 0 Å². The van der Waals surface area contributed by atoms with E-state index in [-0.39, 0.29) is 17.3 Å². The van der Waals surface area contributed by atoms with E-state index in [1.165, 1.54) is 6.33 Å². The number of nitro groups is 1. The Morgan fingerprint density at radius 1 is 0.962 bits per heavy atom. The van der Waals surface area contributed by atoms with Crippen LogP contribution in [0.1, 0.15) is 12.5 Å². The molecule has 0 saturated carbocycles. The number of hydrogen-bond acceptors (Lipinski definition) is 7. The van der Waals surface area contributed by atoms with E-state index < -0.39 is 4.92 Å². The second kappa shape index (κ2) is 7.93. The first-order valence-corrected chi connectivity index (χ1v) is 8.10. The molecule has 0 atom stereocenters. The summed E-state index contributed by atoms with van der Waals surface area (Å²) in [4.78, 5) is 19.2. The van der Waals surface area contributed by atoms with E-state index >= 15 is 0 Å². The molecule has 3 rings (SSSR count). The molecule has 0 spiro atoms. The Balaban J connectivity index is 1.90. The highest BCUT2D eigenvalue weighted by Gasteiger charge is 2.23. The van der Waals surface area contributed by atoms with Gasteiger partial charge in [0.05, 0.1) is 10.6 Å². The van der Waals surface area contributed by atoms with E-state index in [1.54, 1.807) is 0 Å². The van der Waals surface area contributed by atoms with Crippen LogP contribution in [0.5, 0.6) is 0 Å². The number of hydrazine groups is 1. The van der Waals surface area contributed by atoms with Gasteiger partial charge < -0.3 is 5.32 Å². The summed E-state index contributed by atoms with van der Waals surface area (Å²) in [5.41, 5.74) is 8.02. The number of benzene rings is 2. The Morgan fingerprint density at radius 3 is 2.38 bits per heavy atom. The molecule has 0 fully saturated rings. The number of nitrogens with zero attached hydrogens (tertiary/aromatic N) is 3. The lowest BCUT2D eigenvalue weighted by atomic mass is 10.1. The summed E-state index contributed by atoms with van der Waals surface area (Å²) in [7, 11) is 0. The van der Waals surface area contributed by atoms with Crippen LogP contribution < -0.4 is 16.2 Å². The fourth-order valence-corrected chi connectivity index (χ4v) is 2.47. The van der Waals surface area contributed by atoms with Gasteiger partial charge in [-0.3, -0.25) is 21.0 Å². The summed E-state index contributed by atoms with van der Waals surface area (Å²) in [6, 6.07) is 16.9. The molecule has 0 bridgehead atoms. The van der Waals surface area contributed by atoms with Gasteiger partial charge in [-0.25, -0.2) is 9.97 Å². The largest absolute Gasteiger partial charge is 0.355 e. The molecule has 8 heteroatoms. The van der Waals surface area contributed by atoms with Gasteiger partial charge in [0.1, 0.15) is 6.33 Å². The lowest BCUT2D eigenvalue weighted by Gasteiger charge is -2.13. The zero-order chi connectivity index (χ0) is 18.4. The van der Waals surface area contributed by atoms with Crippen LogP contribution in [0.15, 0.2) is 60.9 Å². The lowest BCUT2D eigenvalue weighted by molar-refractivity contribution is -0.383. The fraction of sp³-hybridized carbons (Fsp3) is 0.111.